The van der Waals surface area contributed by atoms with Crippen molar-refractivity contribution in [1.29, 1.82) is 0 Å². The van der Waals surface area contributed by atoms with Crippen molar-refractivity contribution in [3.8, 4) is 23.2 Å². The Kier molecular flexibility index (Phi) is 6.31. The summed E-state index contributed by atoms with van der Waals surface area (Å²) in [6.07, 6.45) is 1.61. The molecule has 0 spiro atoms. The number of fused-ring (bicyclic) bond motifs is 1. The Morgan fingerprint density at radius 3 is 2.56 bits per heavy atom. The van der Waals surface area contributed by atoms with Crippen LogP contribution in [0.25, 0.3) is 5.82 Å². The molecule has 0 aliphatic carbocycles. The zero-order valence-electron chi connectivity index (χ0n) is 19.4. The first kappa shape index (κ1) is 22.1. The molecule has 1 fully saturated rings. The average molecular weight is 465 g/mol. The topological polar surface area (TPSA) is 94.8 Å². The highest BCUT2D eigenvalue weighted by atomic mass is 16.6. The standard InChI is InChI=1S/C24H28N6O4/c1-3-32-23-7-6-22(26-27-23)30-17(2)19(15-25-30)24(31)29-10-8-28(9-11-29)16-18-4-5-20-21(14-18)34-13-12-33-20/h4-7,14-15H,3,8-13,16H2,1-2H3. The van der Waals surface area contributed by atoms with Gasteiger partial charge < -0.3 is 19.1 Å². The summed E-state index contributed by atoms with van der Waals surface area (Å²) in [7, 11) is 0. The first-order chi connectivity index (χ1) is 16.6. The van der Waals surface area contributed by atoms with Crippen LogP contribution >= 0.6 is 0 Å². The monoisotopic (exact) mass is 464 g/mol. The Labute approximate surface area is 198 Å². The molecule has 2 aromatic heterocycles. The van der Waals surface area contributed by atoms with Gasteiger partial charge in [-0.2, -0.15) is 5.10 Å². The van der Waals surface area contributed by atoms with Crippen LogP contribution in [0.15, 0.2) is 36.5 Å². The van der Waals surface area contributed by atoms with Gasteiger partial charge in [-0.1, -0.05) is 6.07 Å². The third kappa shape index (κ3) is 4.54. The summed E-state index contributed by atoms with van der Waals surface area (Å²) in [6.45, 7) is 9.21. The third-order valence-electron chi connectivity index (χ3n) is 6.05. The van der Waals surface area contributed by atoms with E-state index in [2.05, 4.69) is 26.3 Å². The highest BCUT2D eigenvalue weighted by Crippen LogP contribution is 2.31. The summed E-state index contributed by atoms with van der Waals surface area (Å²) in [5.74, 6) is 2.60. The smallest absolute Gasteiger partial charge is 0.257 e. The van der Waals surface area contributed by atoms with Crippen molar-refractivity contribution in [3.63, 3.8) is 0 Å². The number of carbonyl (C=O) groups is 1. The lowest BCUT2D eigenvalue weighted by molar-refractivity contribution is 0.0627. The molecule has 0 radical (unpaired) electrons. The van der Waals surface area contributed by atoms with E-state index in [1.807, 2.05) is 30.9 Å². The maximum Gasteiger partial charge on any atom is 0.257 e. The quantitative estimate of drug-likeness (QED) is 0.547. The van der Waals surface area contributed by atoms with E-state index in [1.165, 1.54) is 5.56 Å². The Morgan fingerprint density at radius 1 is 1.03 bits per heavy atom. The van der Waals surface area contributed by atoms with E-state index in [9.17, 15) is 4.79 Å². The highest BCUT2D eigenvalue weighted by molar-refractivity contribution is 5.95. The van der Waals surface area contributed by atoms with Gasteiger partial charge in [-0.25, -0.2) is 4.68 Å². The average Bonchev–Trinajstić information content (AvgIpc) is 3.26. The molecule has 4 heterocycles. The number of rotatable bonds is 6. The molecule has 1 amide bonds. The van der Waals surface area contributed by atoms with Gasteiger partial charge in [0, 0.05) is 38.8 Å². The van der Waals surface area contributed by atoms with Gasteiger partial charge in [0.05, 0.1) is 24.1 Å². The zero-order valence-corrected chi connectivity index (χ0v) is 19.4. The van der Waals surface area contributed by atoms with Crippen molar-refractivity contribution < 1.29 is 19.0 Å². The molecule has 0 bridgehead atoms. The molecule has 34 heavy (non-hydrogen) atoms. The first-order valence-electron chi connectivity index (χ1n) is 11.5. The number of hydrogen-bond donors (Lipinski definition) is 0. The van der Waals surface area contributed by atoms with Crippen LogP contribution in [0, 0.1) is 6.92 Å². The van der Waals surface area contributed by atoms with E-state index in [0.717, 1.165) is 36.8 Å². The fourth-order valence-electron chi connectivity index (χ4n) is 4.23. The van der Waals surface area contributed by atoms with Gasteiger partial charge in [-0.3, -0.25) is 9.69 Å². The molecular formula is C24H28N6O4. The van der Waals surface area contributed by atoms with Crippen LogP contribution in [-0.4, -0.2) is 81.7 Å². The summed E-state index contributed by atoms with van der Waals surface area (Å²) in [4.78, 5) is 17.4. The van der Waals surface area contributed by atoms with E-state index in [1.54, 1.807) is 23.0 Å². The number of carbonyl (C=O) groups excluding carboxylic acids is 1. The lowest BCUT2D eigenvalue weighted by Gasteiger charge is -2.34. The normalized spacial score (nSPS) is 15.9. The van der Waals surface area contributed by atoms with Crippen molar-refractivity contribution in [2.45, 2.75) is 20.4 Å². The fraction of sp³-hybridized carbons (Fsp3) is 0.417. The third-order valence-corrected chi connectivity index (χ3v) is 6.05. The number of nitrogens with zero attached hydrogens (tertiary/aromatic N) is 6. The maximum absolute atomic E-state index is 13.2. The summed E-state index contributed by atoms with van der Waals surface area (Å²) in [5.41, 5.74) is 2.50. The van der Waals surface area contributed by atoms with E-state index in [0.29, 0.717) is 50.2 Å². The largest absolute Gasteiger partial charge is 0.486 e. The number of hydrogen-bond acceptors (Lipinski definition) is 8. The lowest BCUT2D eigenvalue weighted by Crippen LogP contribution is -2.48. The molecule has 0 atom stereocenters. The number of piperazine rings is 1. The van der Waals surface area contributed by atoms with Crippen molar-refractivity contribution >= 4 is 5.91 Å². The minimum Gasteiger partial charge on any atom is -0.486 e. The molecule has 10 heteroatoms. The van der Waals surface area contributed by atoms with E-state index < -0.39 is 0 Å². The predicted octanol–water partition coefficient (Wildman–Crippen LogP) is 2.10. The van der Waals surface area contributed by atoms with Gasteiger partial charge in [0.15, 0.2) is 17.3 Å². The molecule has 2 aliphatic rings. The molecule has 0 unspecified atom stereocenters. The molecule has 3 aromatic rings. The molecule has 0 N–H and O–H groups in total. The molecule has 1 saturated heterocycles. The van der Waals surface area contributed by atoms with Crippen molar-refractivity contribution in [2.24, 2.45) is 0 Å². The van der Waals surface area contributed by atoms with Crippen LogP contribution in [0.1, 0.15) is 28.5 Å². The summed E-state index contributed by atoms with van der Waals surface area (Å²) >= 11 is 0. The predicted molar refractivity (Wildman–Crippen MR) is 124 cm³/mol. The van der Waals surface area contributed by atoms with E-state index in [4.69, 9.17) is 14.2 Å². The fourth-order valence-corrected chi connectivity index (χ4v) is 4.23. The number of amides is 1. The van der Waals surface area contributed by atoms with E-state index in [-0.39, 0.29) is 5.91 Å². The zero-order chi connectivity index (χ0) is 23.5. The Hall–Kier alpha value is -3.66. The second-order valence-electron chi connectivity index (χ2n) is 8.26. The maximum atomic E-state index is 13.2. The number of ether oxygens (including phenoxy) is 3. The molecule has 5 rings (SSSR count). The van der Waals surface area contributed by atoms with Crippen molar-refractivity contribution in [2.75, 3.05) is 46.0 Å². The SMILES string of the molecule is CCOc1ccc(-n2ncc(C(=O)N3CCN(Cc4ccc5c(c4)OCCO5)CC3)c2C)nn1. The second-order valence-corrected chi connectivity index (χ2v) is 8.26. The van der Waals surface area contributed by atoms with Gasteiger partial charge >= 0.3 is 0 Å². The molecule has 178 valence electrons. The van der Waals surface area contributed by atoms with E-state index >= 15 is 0 Å². The Morgan fingerprint density at radius 2 is 1.82 bits per heavy atom. The number of benzene rings is 1. The molecule has 1 aromatic carbocycles. The van der Waals surface area contributed by atoms with Gasteiger partial charge in [0.25, 0.3) is 5.91 Å². The van der Waals surface area contributed by atoms with Crippen LogP contribution in [0.5, 0.6) is 17.4 Å². The van der Waals surface area contributed by atoms with Crippen LogP contribution < -0.4 is 14.2 Å². The molecule has 10 nitrogen and oxygen atoms in total. The van der Waals surface area contributed by atoms with Gasteiger partial charge in [0.1, 0.15) is 13.2 Å². The van der Waals surface area contributed by atoms with Gasteiger partial charge in [-0.05, 0) is 37.6 Å². The minimum absolute atomic E-state index is 0.0124. The van der Waals surface area contributed by atoms with Gasteiger partial charge in [0.2, 0.25) is 5.88 Å². The molecule has 2 aliphatic heterocycles. The minimum atomic E-state index is -0.0124. The second kappa shape index (κ2) is 9.68. The first-order valence-corrected chi connectivity index (χ1v) is 11.5. The molecule has 0 saturated carbocycles. The summed E-state index contributed by atoms with van der Waals surface area (Å²) in [5, 5.41) is 12.6. The van der Waals surface area contributed by atoms with Crippen molar-refractivity contribution in [1.82, 2.24) is 29.8 Å². The van der Waals surface area contributed by atoms with Crippen LogP contribution in [0.2, 0.25) is 0 Å². The summed E-state index contributed by atoms with van der Waals surface area (Å²) in [6, 6.07) is 9.62. The highest BCUT2D eigenvalue weighted by Gasteiger charge is 2.26. The van der Waals surface area contributed by atoms with Crippen LogP contribution in [0.4, 0.5) is 0 Å². The number of aromatic nitrogens is 4. The van der Waals surface area contributed by atoms with Crippen LogP contribution in [0.3, 0.4) is 0 Å². The van der Waals surface area contributed by atoms with Crippen molar-refractivity contribution in [3.05, 3.63) is 53.3 Å². The Balaban J connectivity index is 1.20. The van der Waals surface area contributed by atoms with Crippen LogP contribution in [-0.2, 0) is 6.54 Å². The van der Waals surface area contributed by atoms with Gasteiger partial charge in [-0.15, -0.1) is 10.2 Å². The summed E-state index contributed by atoms with van der Waals surface area (Å²) < 4.78 is 18.3. The Bertz CT molecular complexity index is 1150. The molecular weight excluding hydrogens is 436 g/mol. The lowest BCUT2D eigenvalue weighted by atomic mass is 10.1.